The molecule has 0 aromatic rings. The summed E-state index contributed by atoms with van der Waals surface area (Å²) >= 11 is 0. The van der Waals surface area contributed by atoms with Gasteiger partial charge in [0.05, 0.1) is 6.10 Å². The maximum absolute atomic E-state index is 10.0. The van der Waals surface area contributed by atoms with Crippen LogP contribution in [-0.4, -0.2) is 58.3 Å². The van der Waals surface area contributed by atoms with Gasteiger partial charge in [0.1, 0.15) is 0 Å². The van der Waals surface area contributed by atoms with Crippen LogP contribution in [0.4, 0.5) is 0 Å². The van der Waals surface area contributed by atoms with Crippen LogP contribution in [0.25, 0.3) is 0 Å². The average molecular weight is 507 g/mol. The third-order valence-electron chi connectivity index (χ3n) is 8.35. The minimum atomic E-state index is -4.67. The number of aliphatic hydroxyl groups is 1. The first kappa shape index (κ1) is 32.1. The second-order valence-corrected chi connectivity index (χ2v) is 12.2. The molecule has 7 heteroatoms. The van der Waals surface area contributed by atoms with Crippen molar-refractivity contribution in [3.05, 3.63) is 35.5 Å². The summed E-state index contributed by atoms with van der Waals surface area (Å²) in [6.45, 7) is 14.1. The van der Waals surface area contributed by atoms with Crippen LogP contribution in [0.5, 0.6) is 0 Å². The summed E-state index contributed by atoms with van der Waals surface area (Å²) in [7, 11) is -4.67. The Morgan fingerprint density at radius 2 is 1.74 bits per heavy atom. The van der Waals surface area contributed by atoms with Gasteiger partial charge in [0, 0.05) is 0 Å². The summed E-state index contributed by atoms with van der Waals surface area (Å²) in [6.07, 6.45) is 18.2. The molecule has 1 unspecified atom stereocenters. The van der Waals surface area contributed by atoms with Gasteiger partial charge in [-0.1, -0.05) is 76.8 Å². The molecule has 0 heterocycles. The molecule has 0 saturated heterocycles. The zero-order chi connectivity index (χ0) is 24.8. The van der Waals surface area contributed by atoms with Gasteiger partial charge in [-0.15, -0.1) is 0 Å². The van der Waals surface area contributed by atoms with Gasteiger partial charge in [0.15, 0.2) is 0 Å². The molecule has 5 nitrogen and oxygen atoms in total. The van der Waals surface area contributed by atoms with Gasteiger partial charge < -0.3 is 5.11 Å². The van der Waals surface area contributed by atoms with Crippen LogP contribution in [0, 0.1) is 29.1 Å². The number of hydrogen-bond donors (Lipinski definition) is 3. The van der Waals surface area contributed by atoms with E-state index < -0.39 is 10.4 Å². The van der Waals surface area contributed by atoms with Gasteiger partial charge in [-0.25, -0.2) is 0 Å². The zero-order valence-corrected chi connectivity index (χ0v) is 21.9. The van der Waals surface area contributed by atoms with Crippen LogP contribution in [0.3, 0.4) is 0 Å². The number of rotatable bonds is 6. The Labute approximate surface area is 230 Å². The molecule has 3 N–H and O–H groups in total. The molecule has 0 spiro atoms. The van der Waals surface area contributed by atoms with Gasteiger partial charge in [-0.2, -0.15) is 8.42 Å². The van der Waals surface area contributed by atoms with Gasteiger partial charge >= 0.3 is 40.0 Å². The van der Waals surface area contributed by atoms with Gasteiger partial charge in [0.25, 0.3) is 0 Å². The summed E-state index contributed by atoms with van der Waals surface area (Å²) in [4.78, 5) is 0. The second-order valence-electron chi connectivity index (χ2n) is 11.3. The molecule has 0 amide bonds. The van der Waals surface area contributed by atoms with Crippen molar-refractivity contribution in [1.29, 1.82) is 0 Å². The van der Waals surface area contributed by atoms with Crippen molar-refractivity contribution in [2.75, 3.05) is 0 Å². The first-order valence-electron chi connectivity index (χ1n) is 12.8. The topological polar surface area (TPSA) is 94.8 Å². The number of aliphatic hydroxyl groups excluding tert-OH is 1. The van der Waals surface area contributed by atoms with E-state index >= 15 is 0 Å². The number of fused-ring (bicyclic) bond motifs is 1. The van der Waals surface area contributed by atoms with Crippen LogP contribution < -0.4 is 0 Å². The summed E-state index contributed by atoms with van der Waals surface area (Å²) in [5.74, 6) is 3.37. The standard InChI is InChI=1S/C27H44O.Na.H2O4S.H/c1-19(2)8-6-9-21(4)25-15-16-26-22(10-7-17-27(25,26)5)12-13-23-18-24(28)14-11-20(23)3;;1-5(2,3)4;/h12-13,19,21,24-26,28H,3,6-11,14-18H2,1-2,4-5H3;;(H2,1,2,3,4);/b22-12+,23-13-;;;/t21-,24+,25-,26?,27-;;;/m1.../s1. The Balaban J connectivity index is 0.000000873. The van der Waals surface area contributed by atoms with Crippen molar-refractivity contribution >= 4 is 40.0 Å². The molecule has 3 aliphatic carbocycles. The van der Waals surface area contributed by atoms with Gasteiger partial charge in [-0.05, 0) is 86.0 Å². The molecular formula is C27H47NaO5S. The van der Waals surface area contributed by atoms with E-state index in [1.54, 1.807) is 5.57 Å². The van der Waals surface area contributed by atoms with Gasteiger partial charge in [-0.3, -0.25) is 9.11 Å². The summed E-state index contributed by atoms with van der Waals surface area (Å²) in [6, 6.07) is 0. The van der Waals surface area contributed by atoms with E-state index in [1.165, 1.54) is 62.5 Å². The van der Waals surface area contributed by atoms with Crippen LogP contribution >= 0.6 is 0 Å². The third kappa shape index (κ3) is 9.84. The molecule has 192 valence electrons. The molecule has 0 radical (unpaired) electrons. The third-order valence-corrected chi connectivity index (χ3v) is 8.35. The predicted molar refractivity (Wildman–Crippen MR) is 143 cm³/mol. The van der Waals surface area contributed by atoms with E-state index in [0.29, 0.717) is 5.41 Å². The van der Waals surface area contributed by atoms with Crippen molar-refractivity contribution in [3.8, 4) is 0 Å². The molecule has 5 atom stereocenters. The molecule has 0 aliphatic heterocycles. The van der Waals surface area contributed by atoms with Crippen molar-refractivity contribution < 1.29 is 22.6 Å². The van der Waals surface area contributed by atoms with Gasteiger partial charge in [0.2, 0.25) is 0 Å². The SMILES string of the molecule is C=C1CC[C@H](O)C/C1=C/C=C1\CCC[C@@]2(C)C1CC[C@@H]2[C@H](C)CCCC(C)C.O=S(=O)(O)O.[NaH]. The number of hydrogen-bond acceptors (Lipinski definition) is 3. The maximum atomic E-state index is 10.0. The Morgan fingerprint density at radius 1 is 1.09 bits per heavy atom. The van der Waals surface area contributed by atoms with Crippen LogP contribution in [0.15, 0.2) is 35.5 Å². The van der Waals surface area contributed by atoms with E-state index in [1.807, 2.05) is 0 Å². The summed E-state index contributed by atoms with van der Waals surface area (Å²) < 4.78 is 31.6. The van der Waals surface area contributed by atoms with E-state index in [9.17, 15) is 5.11 Å². The Hall–Kier alpha value is 0.0500. The Bertz CT molecular complexity index is 824. The first-order chi connectivity index (χ1) is 15.3. The van der Waals surface area contributed by atoms with Crippen LogP contribution in [0.1, 0.15) is 98.3 Å². The fraction of sp³-hybridized carbons (Fsp3) is 0.778. The molecule has 0 aromatic heterocycles. The van der Waals surface area contributed by atoms with Crippen molar-refractivity contribution in [2.24, 2.45) is 29.1 Å². The predicted octanol–water partition coefficient (Wildman–Crippen LogP) is 6.32. The summed E-state index contributed by atoms with van der Waals surface area (Å²) in [5.41, 5.74) is 4.72. The molecule has 3 saturated carbocycles. The molecule has 0 aromatic carbocycles. The number of allylic oxidation sites excluding steroid dienone is 4. The second kappa shape index (κ2) is 14.1. The molecule has 0 bridgehead atoms. The van der Waals surface area contributed by atoms with Crippen molar-refractivity contribution in [1.82, 2.24) is 0 Å². The quantitative estimate of drug-likeness (QED) is 0.289. The van der Waals surface area contributed by atoms with Crippen molar-refractivity contribution in [2.45, 2.75) is 104 Å². The molecule has 34 heavy (non-hydrogen) atoms. The average Bonchev–Trinajstić information content (AvgIpc) is 3.04. The monoisotopic (exact) mass is 506 g/mol. The zero-order valence-electron chi connectivity index (χ0n) is 21.1. The molecular weight excluding hydrogens is 459 g/mol. The molecule has 3 rings (SSSR count). The van der Waals surface area contributed by atoms with E-state index in [4.69, 9.17) is 17.5 Å². The van der Waals surface area contributed by atoms with E-state index in [-0.39, 0.29) is 35.7 Å². The fourth-order valence-electron chi connectivity index (χ4n) is 6.66. The van der Waals surface area contributed by atoms with E-state index in [2.05, 4.69) is 46.4 Å². The van der Waals surface area contributed by atoms with E-state index in [0.717, 1.165) is 42.9 Å². The molecule has 3 fully saturated rings. The minimum absolute atomic E-state index is 0. The summed E-state index contributed by atoms with van der Waals surface area (Å²) in [5, 5.41) is 10.0. The normalized spacial score (nSPS) is 32.7. The van der Waals surface area contributed by atoms with Crippen LogP contribution in [-0.2, 0) is 10.4 Å². The van der Waals surface area contributed by atoms with Crippen molar-refractivity contribution in [3.63, 3.8) is 0 Å². The first-order valence-corrected chi connectivity index (χ1v) is 14.2. The fourth-order valence-corrected chi connectivity index (χ4v) is 6.66. The Morgan fingerprint density at radius 3 is 2.35 bits per heavy atom. The van der Waals surface area contributed by atoms with Crippen LogP contribution in [0.2, 0.25) is 0 Å². The Kier molecular flexibility index (Phi) is 13.3. The molecule has 3 aliphatic rings.